The second kappa shape index (κ2) is 15.6. The largest absolute Gasteiger partial charge is 0.494 e. The van der Waals surface area contributed by atoms with Gasteiger partial charge in [-0.15, -0.1) is 0 Å². The Hall–Kier alpha value is -2.70. The molecule has 2 aliphatic rings. The van der Waals surface area contributed by atoms with Gasteiger partial charge in [0.2, 0.25) is 11.6 Å². The molecule has 0 saturated carbocycles. The molecular formula is C32H44N2O4. The second-order valence-corrected chi connectivity index (χ2v) is 10.6. The van der Waals surface area contributed by atoms with E-state index in [9.17, 15) is 9.59 Å². The number of nitrogens with zero attached hydrogens (tertiary/aromatic N) is 2. The molecule has 6 heteroatoms. The highest BCUT2D eigenvalue weighted by Gasteiger charge is 2.19. The summed E-state index contributed by atoms with van der Waals surface area (Å²) in [4.78, 5) is 31.0. The topological polar surface area (TPSA) is 59.1 Å². The minimum absolute atomic E-state index is 0.351. The first-order chi connectivity index (χ1) is 18.7. The molecule has 4 rings (SSSR count). The summed E-state index contributed by atoms with van der Waals surface area (Å²) in [7, 11) is 0. The number of hydrogen-bond acceptors (Lipinski definition) is 6. The molecule has 2 fully saturated rings. The summed E-state index contributed by atoms with van der Waals surface area (Å²) in [5.41, 5.74) is 0.701. The summed E-state index contributed by atoms with van der Waals surface area (Å²) in [6, 6.07) is 13.9. The van der Waals surface area contributed by atoms with E-state index in [4.69, 9.17) is 9.47 Å². The van der Waals surface area contributed by atoms with E-state index in [-0.39, 0.29) is 0 Å². The van der Waals surface area contributed by atoms with Crippen molar-refractivity contribution in [1.82, 2.24) is 9.80 Å². The zero-order valence-corrected chi connectivity index (χ0v) is 22.9. The van der Waals surface area contributed by atoms with Crippen molar-refractivity contribution < 1.29 is 19.1 Å². The molecule has 0 amide bonds. The Bertz CT molecular complexity index is 927. The van der Waals surface area contributed by atoms with E-state index in [2.05, 4.69) is 9.80 Å². The molecule has 0 radical (unpaired) electrons. The van der Waals surface area contributed by atoms with Crippen LogP contribution in [0.25, 0.3) is 0 Å². The second-order valence-electron chi connectivity index (χ2n) is 10.6. The number of ketones is 2. The van der Waals surface area contributed by atoms with Crippen molar-refractivity contribution in [2.75, 3.05) is 52.5 Å². The number of rotatable bonds is 13. The number of likely N-dealkylation sites (tertiary alicyclic amines) is 2. The summed E-state index contributed by atoms with van der Waals surface area (Å²) in [6.45, 7) is 7.97. The average molecular weight is 521 g/mol. The zero-order chi connectivity index (χ0) is 26.4. The standard InChI is InChI=1S/C32H44N2O4/c35-31(27-13-9-15-29(25-27)37-23-11-21-33-17-5-1-2-6-18-33)32(36)28-14-10-16-30(26-28)38-24-12-22-34-19-7-3-4-8-20-34/h9-10,13-16,25-26H,1-8,11-12,17-24H2. The van der Waals surface area contributed by atoms with Crippen molar-refractivity contribution in [2.45, 2.75) is 64.2 Å². The molecule has 6 nitrogen and oxygen atoms in total. The Balaban J connectivity index is 1.23. The van der Waals surface area contributed by atoms with Gasteiger partial charge in [0.15, 0.2) is 0 Å². The first-order valence-electron chi connectivity index (χ1n) is 14.7. The highest BCUT2D eigenvalue weighted by molar-refractivity contribution is 6.49. The minimum atomic E-state index is -0.529. The van der Waals surface area contributed by atoms with Gasteiger partial charge in [-0.1, -0.05) is 49.9 Å². The van der Waals surface area contributed by atoms with E-state index in [1.54, 1.807) is 36.4 Å². The number of hydrogen-bond donors (Lipinski definition) is 0. The van der Waals surface area contributed by atoms with Gasteiger partial charge in [0.25, 0.3) is 0 Å². The minimum Gasteiger partial charge on any atom is -0.494 e. The zero-order valence-electron chi connectivity index (χ0n) is 22.9. The summed E-state index contributed by atoms with van der Waals surface area (Å²) in [5, 5.41) is 0. The lowest BCUT2D eigenvalue weighted by atomic mass is 10.0. The van der Waals surface area contributed by atoms with Crippen LogP contribution in [0.5, 0.6) is 11.5 Å². The van der Waals surface area contributed by atoms with Gasteiger partial charge in [-0.05, 0) is 89.0 Å². The van der Waals surface area contributed by atoms with Gasteiger partial charge in [-0.3, -0.25) is 9.59 Å². The molecule has 0 aliphatic carbocycles. The van der Waals surface area contributed by atoms with Crippen molar-refractivity contribution in [2.24, 2.45) is 0 Å². The maximum absolute atomic E-state index is 13.0. The van der Waals surface area contributed by atoms with Crippen LogP contribution in [0.3, 0.4) is 0 Å². The summed E-state index contributed by atoms with van der Waals surface area (Å²) >= 11 is 0. The molecule has 0 bridgehead atoms. The summed E-state index contributed by atoms with van der Waals surface area (Å²) in [6.07, 6.45) is 12.4. The first kappa shape index (κ1) is 28.3. The fourth-order valence-corrected chi connectivity index (χ4v) is 5.39. The summed E-state index contributed by atoms with van der Waals surface area (Å²) < 4.78 is 11.8. The van der Waals surface area contributed by atoms with Crippen LogP contribution in [0.2, 0.25) is 0 Å². The normalized spacial score (nSPS) is 17.4. The molecule has 0 spiro atoms. The van der Waals surface area contributed by atoms with Crippen LogP contribution in [0.4, 0.5) is 0 Å². The predicted molar refractivity (Wildman–Crippen MR) is 152 cm³/mol. The average Bonchev–Trinajstić information content (AvgIpc) is 3.38. The van der Waals surface area contributed by atoms with E-state index < -0.39 is 11.6 Å². The lowest BCUT2D eigenvalue weighted by Crippen LogP contribution is -2.26. The van der Waals surface area contributed by atoms with Crippen LogP contribution in [0.1, 0.15) is 84.9 Å². The highest BCUT2D eigenvalue weighted by Crippen LogP contribution is 2.19. The Morgan fingerprint density at radius 3 is 1.37 bits per heavy atom. The molecule has 0 N–H and O–H groups in total. The molecule has 2 aliphatic heterocycles. The smallest absolute Gasteiger partial charge is 0.233 e. The van der Waals surface area contributed by atoms with Gasteiger partial charge in [-0.2, -0.15) is 0 Å². The molecule has 206 valence electrons. The maximum Gasteiger partial charge on any atom is 0.233 e. The van der Waals surface area contributed by atoms with Crippen molar-refractivity contribution in [3.8, 4) is 11.5 Å². The monoisotopic (exact) mass is 520 g/mol. The van der Waals surface area contributed by atoms with E-state index in [0.717, 1.165) is 25.9 Å². The molecule has 2 aromatic carbocycles. The molecule has 38 heavy (non-hydrogen) atoms. The van der Waals surface area contributed by atoms with Gasteiger partial charge in [0.1, 0.15) is 11.5 Å². The van der Waals surface area contributed by atoms with Crippen LogP contribution >= 0.6 is 0 Å². The molecule has 0 atom stereocenters. The predicted octanol–water partition coefficient (Wildman–Crippen LogP) is 6.04. The van der Waals surface area contributed by atoms with Crippen molar-refractivity contribution in [3.05, 3.63) is 59.7 Å². The van der Waals surface area contributed by atoms with Crippen molar-refractivity contribution in [1.29, 1.82) is 0 Å². The first-order valence-corrected chi connectivity index (χ1v) is 14.7. The van der Waals surface area contributed by atoms with E-state index >= 15 is 0 Å². The lowest BCUT2D eigenvalue weighted by Gasteiger charge is -2.19. The number of carbonyl (C=O) groups excluding carboxylic acids is 2. The van der Waals surface area contributed by atoms with Crippen LogP contribution in [0.15, 0.2) is 48.5 Å². The van der Waals surface area contributed by atoms with Crippen molar-refractivity contribution >= 4 is 11.6 Å². The number of carbonyl (C=O) groups is 2. The molecule has 0 aromatic heterocycles. The lowest BCUT2D eigenvalue weighted by molar-refractivity contribution is 0.0816. The van der Waals surface area contributed by atoms with Crippen LogP contribution in [-0.4, -0.2) is 73.8 Å². The highest BCUT2D eigenvalue weighted by atomic mass is 16.5. The van der Waals surface area contributed by atoms with Gasteiger partial charge in [0, 0.05) is 24.2 Å². The maximum atomic E-state index is 13.0. The Morgan fingerprint density at radius 1 is 0.579 bits per heavy atom. The third-order valence-electron chi connectivity index (χ3n) is 7.57. The fraction of sp³-hybridized carbons (Fsp3) is 0.562. The van der Waals surface area contributed by atoms with Gasteiger partial charge >= 0.3 is 0 Å². The van der Waals surface area contributed by atoms with Gasteiger partial charge in [0.05, 0.1) is 13.2 Å². The Labute approximate surface area is 228 Å². The number of benzene rings is 2. The molecule has 2 saturated heterocycles. The molecule has 2 heterocycles. The number of ether oxygens (including phenoxy) is 2. The molecular weight excluding hydrogens is 476 g/mol. The Morgan fingerprint density at radius 2 is 0.974 bits per heavy atom. The van der Waals surface area contributed by atoms with Gasteiger partial charge in [-0.25, -0.2) is 0 Å². The Kier molecular flexibility index (Phi) is 11.7. The van der Waals surface area contributed by atoms with Crippen LogP contribution in [0, 0.1) is 0 Å². The van der Waals surface area contributed by atoms with Crippen molar-refractivity contribution in [3.63, 3.8) is 0 Å². The number of Topliss-reactive ketones (excluding diaryl/α,β-unsaturated/α-hetero) is 2. The third-order valence-corrected chi connectivity index (χ3v) is 7.57. The van der Waals surface area contributed by atoms with Gasteiger partial charge < -0.3 is 19.3 Å². The van der Waals surface area contributed by atoms with E-state index in [1.165, 1.54) is 77.5 Å². The SMILES string of the molecule is O=C(C(=O)c1cccc(OCCCN2CCCCCC2)c1)c1cccc(OCCCN2CCCCCC2)c1. The quantitative estimate of drug-likeness (QED) is 0.182. The third kappa shape index (κ3) is 9.25. The van der Waals surface area contributed by atoms with Crippen LogP contribution in [-0.2, 0) is 0 Å². The fourth-order valence-electron chi connectivity index (χ4n) is 5.39. The molecule has 0 unspecified atom stereocenters. The van der Waals surface area contributed by atoms with Crippen LogP contribution < -0.4 is 9.47 Å². The van der Waals surface area contributed by atoms with E-state index in [0.29, 0.717) is 35.8 Å². The molecule has 2 aromatic rings. The van der Waals surface area contributed by atoms with E-state index in [1.807, 2.05) is 12.1 Å². The summed E-state index contributed by atoms with van der Waals surface area (Å²) in [5.74, 6) is 0.193.